The molecule has 1 unspecified atom stereocenters. The van der Waals surface area contributed by atoms with Crippen molar-refractivity contribution in [3.63, 3.8) is 0 Å². The Balaban J connectivity index is 2.69. The van der Waals surface area contributed by atoms with Crippen molar-refractivity contribution in [1.82, 2.24) is 5.32 Å². The van der Waals surface area contributed by atoms with Crippen molar-refractivity contribution in [1.29, 1.82) is 0 Å². The second-order valence-corrected chi connectivity index (χ2v) is 4.09. The van der Waals surface area contributed by atoms with Crippen molar-refractivity contribution in [2.75, 3.05) is 18.9 Å². The normalized spacial score (nSPS) is 11.9. The van der Waals surface area contributed by atoms with Gasteiger partial charge in [0.1, 0.15) is 0 Å². The third-order valence-electron chi connectivity index (χ3n) is 2.48. The van der Waals surface area contributed by atoms with E-state index in [0.29, 0.717) is 0 Å². The van der Waals surface area contributed by atoms with Crippen molar-refractivity contribution in [2.45, 2.75) is 12.5 Å². The van der Waals surface area contributed by atoms with Crippen molar-refractivity contribution in [2.24, 2.45) is 5.73 Å². The highest BCUT2D eigenvalue weighted by Crippen LogP contribution is 2.11. The molecule has 0 radical (unpaired) electrons. The molecule has 0 fully saturated rings. The first kappa shape index (κ1) is 14.9. The summed E-state index contributed by atoms with van der Waals surface area (Å²) in [7, 11) is 0. The van der Waals surface area contributed by atoms with Crippen molar-refractivity contribution in [3.8, 4) is 0 Å². The average Bonchev–Trinajstić information content (AvgIpc) is 2.37. The summed E-state index contributed by atoms with van der Waals surface area (Å²) in [5.41, 5.74) is 11.3. The van der Waals surface area contributed by atoms with E-state index in [9.17, 15) is 9.59 Å². The molecule has 1 aromatic rings. The van der Waals surface area contributed by atoms with E-state index in [-0.39, 0.29) is 36.4 Å². The number of nitrogens with one attached hydrogen (secondary N) is 1. The number of benzene rings is 1. The Morgan fingerprint density at radius 2 is 1.89 bits per heavy atom. The predicted octanol–water partition coefficient (Wildman–Crippen LogP) is -1.16. The molecule has 1 rings (SSSR count). The first-order chi connectivity index (χ1) is 8.93. The number of carbonyl (C=O) groups excluding carboxylic acids is 2. The van der Waals surface area contributed by atoms with E-state index < -0.39 is 17.9 Å². The van der Waals surface area contributed by atoms with Crippen LogP contribution in [0.15, 0.2) is 18.2 Å². The smallest absolute Gasteiger partial charge is 0.251 e. The van der Waals surface area contributed by atoms with Gasteiger partial charge in [0.15, 0.2) is 0 Å². The number of anilines is 1. The summed E-state index contributed by atoms with van der Waals surface area (Å²) >= 11 is 0. The molecule has 104 valence electrons. The lowest BCUT2D eigenvalue weighted by Gasteiger charge is -2.09. The highest BCUT2D eigenvalue weighted by atomic mass is 16.3. The van der Waals surface area contributed by atoms with E-state index in [1.807, 2.05) is 0 Å². The number of aliphatic hydroxyl groups excluding tert-OH is 2. The largest absolute Gasteiger partial charge is 0.399 e. The lowest BCUT2D eigenvalue weighted by molar-refractivity contribution is 0.0834. The summed E-state index contributed by atoms with van der Waals surface area (Å²) in [6, 6.07) is 4.15. The molecule has 0 aromatic heterocycles. The zero-order chi connectivity index (χ0) is 14.4. The number of nitrogens with two attached hydrogens (primary N) is 2. The second-order valence-electron chi connectivity index (χ2n) is 4.09. The first-order valence-corrected chi connectivity index (χ1v) is 5.71. The van der Waals surface area contributed by atoms with Gasteiger partial charge in [-0.1, -0.05) is 0 Å². The van der Waals surface area contributed by atoms with Crippen LogP contribution in [0.5, 0.6) is 0 Å². The van der Waals surface area contributed by atoms with Crippen LogP contribution in [-0.4, -0.2) is 41.3 Å². The number of nitrogen functional groups attached to an aromatic ring is 1. The molecule has 0 saturated heterocycles. The van der Waals surface area contributed by atoms with Gasteiger partial charge in [-0.25, -0.2) is 0 Å². The molecule has 7 heteroatoms. The standard InChI is InChI=1S/C12H17N3O4/c13-9-4-7(11(14)18)3-8(5-9)12(19)15-2-1-10(17)6-16/h3-5,10,16-17H,1-2,6,13H2,(H2,14,18)(H,15,19). The van der Waals surface area contributed by atoms with Crippen LogP contribution in [0.2, 0.25) is 0 Å². The molecule has 0 spiro atoms. The van der Waals surface area contributed by atoms with Crippen LogP contribution in [0.25, 0.3) is 0 Å². The minimum atomic E-state index is -0.873. The van der Waals surface area contributed by atoms with Gasteiger partial charge in [0.05, 0.1) is 12.7 Å². The van der Waals surface area contributed by atoms with E-state index in [0.717, 1.165) is 0 Å². The number of hydrogen-bond acceptors (Lipinski definition) is 5. The van der Waals surface area contributed by atoms with Crippen molar-refractivity contribution >= 4 is 17.5 Å². The molecule has 1 atom stereocenters. The fraction of sp³-hybridized carbons (Fsp3) is 0.333. The molecule has 0 aliphatic carbocycles. The topological polar surface area (TPSA) is 139 Å². The average molecular weight is 267 g/mol. The van der Waals surface area contributed by atoms with Gasteiger partial charge in [-0.3, -0.25) is 9.59 Å². The summed E-state index contributed by atoms with van der Waals surface area (Å²) in [4.78, 5) is 22.8. The summed E-state index contributed by atoms with van der Waals surface area (Å²) in [6.07, 6.45) is -0.643. The molecule has 1 aromatic carbocycles. The highest BCUT2D eigenvalue weighted by Gasteiger charge is 2.11. The van der Waals surface area contributed by atoms with Crippen LogP contribution >= 0.6 is 0 Å². The van der Waals surface area contributed by atoms with Crippen LogP contribution in [-0.2, 0) is 0 Å². The number of carbonyl (C=O) groups is 2. The van der Waals surface area contributed by atoms with Crippen LogP contribution < -0.4 is 16.8 Å². The Morgan fingerprint density at radius 1 is 1.26 bits per heavy atom. The van der Waals surface area contributed by atoms with E-state index in [4.69, 9.17) is 21.7 Å². The quantitative estimate of drug-likeness (QED) is 0.414. The molecule has 0 bridgehead atoms. The lowest BCUT2D eigenvalue weighted by Crippen LogP contribution is -2.28. The van der Waals surface area contributed by atoms with Gasteiger partial charge in [0.25, 0.3) is 5.91 Å². The van der Waals surface area contributed by atoms with Gasteiger partial charge in [-0.15, -0.1) is 0 Å². The third-order valence-corrected chi connectivity index (χ3v) is 2.48. The van der Waals surface area contributed by atoms with Crippen LogP contribution in [0, 0.1) is 0 Å². The summed E-state index contributed by atoms with van der Waals surface area (Å²) in [6.45, 7) is -0.165. The van der Waals surface area contributed by atoms with Crippen LogP contribution in [0.3, 0.4) is 0 Å². The first-order valence-electron chi connectivity index (χ1n) is 5.71. The summed E-state index contributed by atoms with van der Waals surface area (Å²) in [5.74, 6) is -1.10. The lowest BCUT2D eigenvalue weighted by atomic mass is 10.1. The Hall–Kier alpha value is -2.12. The van der Waals surface area contributed by atoms with E-state index in [2.05, 4.69) is 5.32 Å². The predicted molar refractivity (Wildman–Crippen MR) is 69.4 cm³/mol. The zero-order valence-corrected chi connectivity index (χ0v) is 10.3. The molecule has 7 N–H and O–H groups in total. The Morgan fingerprint density at radius 3 is 2.47 bits per heavy atom. The molecule has 0 saturated carbocycles. The van der Waals surface area contributed by atoms with Gasteiger partial charge in [0.2, 0.25) is 5.91 Å². The number of primary amides is 1. The maximum Gasteiger partial charge on any atom is 0.251 e. The molecule has 0 aliphatic rings. The minimum absolute atomic E-state index is 0.153. The minimum Gasteiger partial charge on any atom is -0.399 e. The third kappa shape index (κ3) is 4.57. The highest BCUT2D eigenvalue weighted by molar-refractivity contribution is 6.00. The van der Waals surface area contributed by atoms with E-state index in [1.54, 1.807) is 0 Å². The molecule has 0 heterocycles. The fourth-order valence-corrected chi connectivity index (χ4v) is 1.47. The van der Waals surface area contributed by atoms with Gasteiger partial charge in [-0.2, -0.15) is 0 Å². The summed E-state index contributed by atoms with van der Waals surface area (Å²) < 4.78 is 0. The zero-order valence-electron chi connectivity index (χ0n) is 10.3. The summed E-state index contributed by atoms with van der Waals surface area (Å²) in [5, 5.41) is 20.3. The van der Waals surface area contributed by atoms with Gasteiger partial charge in [0, 0.05) is 23.4 Å². The van der Waals surface area contributed by atoms with Crippen LogP contribution in [0.1, 0.15) is 27.1 Å². The van der Waals surface area contributed by atoms with Crippen LogP contribution in [0.4, 0.5) is 5.69 Å². The van der Waals surface area contributed by atoms with Gasteiger partial charge >= 0.3 is 0 Å². The van der Waals surface area contributed by atoms with Gasteiger partial charge < -0.3 is 27.0 Å². The monoisotopic (exact) mass is 267 g/mol. The Labute approximate surface area is 110 Å². The molecular weight excluding hydrogens is 250 g/mol. The molecule has 19 heavy (non-hydrogen) atoms. The van der Waals surface area contributed by atoms with Crippen molar-refractivity contribution in [3.05, 3.63) is 29.3 Å². The fourth-order valence-electron chi connectivity index (χ4n) is 1.47. The maximum atomic E-state index is 11.8. The maximum absolute atomic E-state index is 11.8. The van der Waals surface area contributed by atoms with Gasteiger partial charge in [-0.05, 0) is 24.6 Å². The number of aliphatic hydroxyl groups is 2. The number of hydrogen-bond donors (Lipinski definition) is 5. The Kier molecular flexibility index (Phi) is 5.28. The Bertz CT molecular complexity index is 476. The van der Waals surface area contributed by atoms with E-state index in [1.165, 1.54) is 18.2 Å². The SMILES string of the molecule is NC(=O)c1cc(N)cc(C(=O)NCCC(O)CO)c1. The molecular formula is C12H17N3O4. The van der Waals surface area contributed by atoms with Crippen molar-refractivity contribution < 1.29 is 19.8 Å². The molecule has 2 amide bonds. The van der Waals surface area contributed by atoms with E-state index >= 15 is 0 Å². The number of amides is 2. The molecule has 0 aliphatic heterocycles. The molecule has 7 nitrogen and oxygen atoms in total. The second kappa shape index (κ2) is 6.72. The number of rotatable bonds is 6.